The first-order valence-corrected chi connectivity index (χ1v) is 9.35. The Bertz CT molecular complexity index is 990. The van der Waals surface area contributed by atoms with Crippen molar-refractivity contribution in [2.75, 3.05) is 24.2 Å². The highest BCUT2D eigenvalue weighted by Crippen LogP contribution is 2.23. The van der Waals surface area contributed by atoms with Gasteiger partial charge in [-0.2, -0.15) is 0 Å². The summed E-state index contributed by atoms with van der Waals surface area (Å²) in [6.45, 7) is 1.72. The number of aryl methyl sites for hydroxylation is 1. The Kier molecular flexibility index (Phi) is 6.64. The van der Waals surface area contributed by atoms with Crippen LogP contribution in [0, 0.1) is 6.92 Å². The first-order valence-electron chi connectivity index (χ1n) is 8.98. The summed E-state index contributed by atoms with van der Waals surface area (Å²) in [5.74, 6) is 0.301. The number of carbonyl (C=O) groups is 2. The summed E-state index contributed by atoms with van der Waals surface area (Å²) in [7, 11) is 1.71. The maximum Gasteiger partial charge on any atom is 0.247 e. The zero-order valence-electron chi connectivity index (χ0n) is 16.1. The first-order chi connectivity index (χ1) is 13.9. The highest BCUT2D eigenvalue weighted by Gasteiger charge is 2.27. The molecule has 0 aliphatic heterocycles. The van der Waals surface area contributed by atoms with Crippen LogP contribution >= 0.6 is 11.6 Å². The fourth-order valence-corrected chi connectivity index (χ4v) is 3.11. The number of rotatable bonds is 7. The molecule has 3 aromatic rings. The third-order valence-corrected chi connectivity index (χ3v) is 4.55. The Hall–Kier alpha value is -3.16. The van der Waals surface area contributed by atoms with Gasteiger partial charge in [0.15, 0.2) is 5.82 Å². The van der Waals surface area contributed by atoms with E-state index in [1.165, 1.54) is 0 Å². The van der Waals surface area contributed by atoms with Gasteiger partial charge in [-0.1, -0.05) is 59.2 Å². The normalized spacial score (nSPS) is 11.9. The molecule has 2 amide bonds. The molecule has 0 unspecified atom stereocenters. The van der Waals surface area contributed by atoms with Gasteiger partial charge in [0.1, 0.15) is 11.8 Å². The van der Waals surface area contributed by atoms with Gasteiger partial charge in [0.2, 0.25) is 11.8 Å². The number of likely N-dealkylation sites (N-methyl/N-ethyl adjacent to an activating group) is 1. The Balaban J connectivity index is 1.75. The average molecular weight is 413 g/mol. The van der Waals surface area contributed by atoms with Crippen LogP contribution < -0.4 is 10.6 Å². The van der Waals surface area contributed by atoms with E-state index >= 15 is 0 Å². The zero-order valence-corrected chi connectivity index (χ0v) is 16.8. The van der Waals surface area contributed by atoms with Crippen LogP contribution in [0.25, 0.3) is 0 Å². The highest BCUT2D eigenvalue weighted by atomic mass is 35.5. The quantitative estimate of drug-likeness (QED) is 0.614. The van der Waals surface area contributed by atoms with Crippen molar-refractivity contribution in [2.24, 2.45) is 0 Å². The van der Waals surface area contributed by atoms with Gasteiger partial charge in [0.05, 0.1) is 17.3 Å². The van der Waals surface area contributed by atoms with E-state index in [-0.39, 0.29) is 18.4 Å². The zero-order chi connectivity index (χ0) is 20.8. The minimum atomic E-state index is -0.704. The molecule has 1 atom stereocenters. The van der Waals surface area contributed by atoms with Crippen molar-refractivity contribution in [3.8, 4) is 0 Å². The van der Waals surface area contributed by atoms with Gasteiger partial charge < -0.3 is 15.2 Å². The van der Waals surface area contributed by atoms with Gasteiger partial charge in [-0.25, -0.2) is 0 Å². The molecule has 0 radical (unpaired) electrons. The van der Waals surface area contributed by atoms with Crippen LogP contribution in [0.2, 0.25) is 5.02 Å². The molecule has 0 spiro atoms. The standard InChI is InChI=1S/C21H21ClN4O3/c1-14-12-18(25-29-14)24-21(28)20(15-8-4-3-5-9-15)26(2)13-19(27)23-17-11-7-6-10-16(17)22/h3-12,20H,13H2,1-2H3,(H,23,27)(H,24,25,28)/t20-/m1/s1. The second-order valence-electron chi connectivity index (χ2n) is 6.57. The number of hydrogen-bond donors (Lipinski definition) is 2. The second kappa shape index (κ2) is 9.36. The van der Waals surface area contributed by atoms with Crippen molar-refractivity contribution in [1.82, 2.24) is 10.1 Å². The molecular weight excluding hydrogens is 392 g/mol. The third kappa shape index (κ3) is 5.43. The minimum absolute atomic E-state index is 0.0178. The van der Waals surface area contributed by atoms with Crippen LogP contribution in [0.5, 0.6) is 0 Å². The molecule has 0 fully saturated rings. The lowest BCUT2D eigenvalue weighted by molar-refractivity contribution is -0.123. The van der Waals surface area contributed by atoms with E-state index in [2.05, 4.69) is 15.8 Å². The molecule has 8 heteroatoms. The predicted octanol–water partition coefficient (Wildman–Crippen LogP) is 3.89. The number of halogens is 1. The van der Waals surface area contributed by atoms with Gasteiger partial charge in [0.25, 0.3) is 0 Å². The number of carbonyl (C=O) groups excluding carboxylic acids is 2. The lowest BCUT2D eigenvalue weighted by Gasteiger charge is -2.26. The van der Waals surface area contributed by atoms with E-state index < -0.39 is 6.04 Å². The SMILES string of the molecule is Cc1cc(NC(=O)[C@@H](c2ccccc2)N(C)CC(=O)Nc2ccccc2Cl)no1. The van der Waals surface area contributed by atoms with E-state index in [1.54, 1.807) is 49.2 Å². The number of benzene rings is 2. The average Bonchev–Trinajstić information content (AvgIpc) is 3.09. The molecule has 0 bridgehead atoms. The van der Waals surface area contributed by atoms with Crippen LogP contribution in [-0.2, 0) is 9.59 Å². The molecule has 0 aliphatic rings. The summed E-state index contributed by atoms with van der Waals surface area (Å²) in [6.07, 6.45) is 0. The van der Waals surface area contributed by atoms with Crippen molar-refractivity contribution in [1.29, 1.82) is 0 Å². The van der Waals surface area contributed by atoms with Crippen LogP contribution in [0.4, 0.5) is 11.5 Å². The smallest absolute Gasteiger partial charge is 0.247 e. The number of amides is 2. The van der Waals surface area contributed by atoms with Crippen LogP contribution in [0.3, 0.4) is 0 Å². The molecule has 2 N–H and O–H groups in total. The number of anilines is 2. The first kappa shape index (κ1) is 20.6. The van der Waals surface area contributed by atoms with Crippen molar-refractivity contribution in [3.63, 3.8) is 0 Å². The highest BCUT2D eigenvalue weighted by molar-refractivity contribution is 6.33. The summed E-state index contributed by atoms with van der Waals surface area (Å²) < 4.78 is 5.00. The Labute approximate surface area is 173 Å². The van der Waals surface area contributed by atoms with Gasteiger partial charge in [-0.3, -0.25) is 14.5 Å². The molecule has 0 saturated heterocycles. The molecule has 0 saturated carbocycles. The van der Waals surface area contributed by atoms with E-state index in [1.807, 2.05) is 30.3 Å². The molecule has 0 aliphatic carbocycles. The Morgan fingerprint density at radius 2 is 1.79 bits per heavy atom. The van der Waals surface area contributed by atoms with E-state index in [9.17, 15) is 9.59 Å². The van der Waals surface area contributed by atoms with Gasteiger partial charge in [0, 0.05) is 6.07 Å². The van der Waals surface area contributed by atoms with E-state index in [0.29, 0.717) is 22.3 Å². The summed E-state index contributed by atoms with van der Waals surface area (Å²) in [5.41, 5.74) is 1.27. The monoisotopic (exact) mass is 412 g/mol. The topological polar surface area (TPSA) is 87.5 Å². The maximum atomic E-state index is 13.0. The molecule has 7 nitrogen and oxygen atoms in total. The number of hydrogen-bond acceptors (Lipinski definition) is 5. The lowest BCUT2D eigenvalue weighted by atomic mass is 10.0. The summed E-state index contributed by atoms with van der Waals surface area (Å²) in [6, 6.07) is 17.1. The molecular formula is C21H21ClN4O3. The Morgan fingerprint density at radius 1 is 1.10 bits per heavy atom. The van der Waals surface area contributed by atoms with Crippen LogP contribution in [0.1, 0.15) is 17.4 Å². The minimum Gasteiger partial charge on any atom is -0.360 e. The van der Waals surface area contributed by atoms with Crippen LogP contribution in [-0.4, -0.2) is 35.5 Å². The number of para-hydroxylation sites is 1. The fraction of sp³-hybridized carbons (Fsp3) is 0.190. The van der Waals surface area contributed by atoms with Crippen molar-refractivity contribution in [2.45, 2.75) is 13.0 Å². The second-order valence-corrected chi connectivity index (χ2v) is 6.98. The van der Waals surface area contributed by atoms with Crippen molar-refractivity contribution >= 4 is 34.9 Å². The van der Waals surface area contributed by atoms with Gasteiger partial charge >= 0.3 is 0 Å². The Morgan fingerprint density at radius 3 is 2.45 bits per heavy atom. The molecule has 1 heterocycles. The lowest BCUT2D eigenvalue weighted by Crippen LogP contribution is -2.39. The van der Waals surface area contributed by atoms with E-state index in [0.717, 1.165) is 5.56 Å². The van der Waals surface area contributed by atoms with E-state index in [4.69, 9.17) is 16.1 Å². The molecule has 1 aromatic heterocycles. The van der Waals surface area contributed by atoms with Crippen molar-refractivity contribution in [3.05, 3.63) is 77.0 Å². The maximum absolute atomic E-state index is 13.0. The van der Waals surface area contributed by atoms with Gasteiger partial charge in [-0.15, -0.1) is 0 Å². The van der Waals surface area contributed by atoms with Gasteiger partial charge in [-0.05, 0) is 31.7 Å². The third-order valence-electron chi connectivity index (χ3n) is 4.22. The summed E-state index contributed by atoms with van der Waals surface area (Å²) >= 11 is 6.10. The number of aromatic nitrogens is 1. The number of nitrogens with zero attached hydrogens (tertiary/aromatic N) is 2. The largest absolute Gasteiger partial charge is 0.360 e. The van der Waals surface area contributed by atoms with Crippen molar-refractivity contribution < 1.29 is 14.1 Å². The fourth-order valence-electron chi connectivity index (χ4n) is 2.93. The molecule has 150 valence electrons. The molecule has 2 aromatic carbocycles. The van der Waals surface area contributed by atoms with Crippen LogP contribution in [0.15, 0.2) is 65.2 Å². The molecule has 29 heavy (non-hydrogen) atoms. The number of nitrogens with one attached hydrogen (secondary N) is 2. The summed E-state index contributed by atoms with van der Waals surface area (Å²) in [5, 5.41) is 9.75. The predicted molar refractivity (Wildman–Crippen MR) is 112 cm³/mol. The summed E-state index contributed by atoms with van der Waals surface area (Å²) in [4.78, 5) is 27.2. The molecule has 3 rings (SSSR count).